The zero-order chi connectivity index (χ0) is 14.1. The molecular formula is C15H16Cl2N4O. The molecule has 2 heterocycles. The van der Waals surface area contributed by atoms with Gasteiger partial charge >= 0.3 is 0 Å². The molecule has 0 aliphatic carbocycles. The second-order valence-corrected chi connectivity index (χ2v) is 4.69. The normalized spacial score (nSPS) is 9.73. The maximum absolute atomic E-state index is 9.56. The molecule has 0 amide bonds. The summed E-state index contributed by atoms with van der Waals surface area (Å²) in [4.78, 5) is 12.7. The molecule has 0 aliphatic heterocycles. The van der Waals surface area contributed by atoms with Crippen LogP contribution in [0.5, 0.6) is 5.75 Å². The molecular weight excluding hydrogens is 323 g/mol. The number of aryl methyl sites for hydroxylation is 2. The monoisotopic (exact) mass is 338 g/mol. The van der Waals surface area contributed by atoms with Crippen LogP contribution in [0.3, 0.4) is 0 Å². The molecule has 0 atom stereocenters. The Morgan fingerprint density at radius 2 is 1.77 bits per heavy atom. The van der Waals surface area contributed by atoms with Crippen LogP contribution in [0.4, 0.5) is 11.5 Å². The van der Waals surface area contributed by atoms with Crippen LogP contribution in [0.2, 0.25) is 0 Å². The van der Waals surface area contributed by atoms with Gasteiger partial charge in [0.15, 0.2) is 0 Å². The highest BCUT2D eigenvalue weighted by molar-refractivity contribution is 5.90. The number of anilines is 2. The van der Waals surface area contributed by atoms with Crippen LogP contribution in [0.15, 0.2) is 36.8 Å². The molecule has 0 radical (unpaired) electrons. The van der Waals surface area contributed by atoms with E-state index in [1.165, 1.54) is 6.33 Å². The van der Waals surface area contributed by atoms with E-state index in [2.05, 4.69) is 20.3 Å². The van der Waals surface area contributed by atoms with Gasteiger partial charge in [-0.05, 0) is 43.7 Å². The second kappa shape index (κ2) is 7.24. The highest BCUT2D eigenvalue weighted by Crippen LogP contribution is 2.26. The minimum Gasteiger partial charge on any atom is -0.508 e. The number of benzene rings is 1. The SMILES string of the molecule is Cc1cc2c(Nc3ccc(O)c(C)c3)ncnc2cn1.Cl.Cl. The maximum atomic E-state index is 9.56. The van der Waals surface area contributed by atoms with E-state index in [1.54, 1.807) is 12.3 Å². The lowest BCUT2D eigenvalue weighted by atomic mass is 10.2. The van der Waals surface area contributed by atoms with E-state index >= 15 is 0 Å². The molecule has 5 nitrogen and oxygen atoms in total. The summed E-state index contributed by atoms with van der Waals surface area (Å²) >= 11 is 0. The Balaban J connectivity index is 0.00000121. The Morgan fingerprint density at radius 1 is 1.00 bits per heavy atom. The zero-order valence-electron chi connectivity index (χ0n) is 12.1. The Kier molecular flexibility index (Phi) is 5.91. The number of phenols is 1. The number of aromatic hydroxyl groups is 1. The van der Waals surface area contributed by atoms with Gasteiger partial charge in [0, 0.05) is 16.8 Å². The van der Waals surface area contributed by atoms with Crippen molar-refractivity contribution < 1.29 is 5.11 Å². The lowest BCUT2D eigenvalue weighted by Crippen LogP contribution is -1.97. The van der Waals surface area contributed by atoms with Gasteiger partial charge in [0.1, 0.15) is 17.9 Å². The molecule has 22 heavy (non-hydrogen) atoms. The summed E-state index contributed by atoms with van der Waals surface area (Å²) in [5.74, 6) is 1.01. The van der Waals surface area contributed by atoms with Gasteiger partial charge in [-0.1, -0.05) is 0 Å². The predicted molar refractivity (Wildman–Crippen MR) is 92.7 cm³/mol. The molecule has 0 saturated heterocycles. The van der Waals surface area contributed by atoms with E-state index in [-0.39, 0.29) is 30.6 Å². The number of nitrogens with zero attached hydrogens (tertiary/aromatic N) is 3. The van der Waals surface area contributed by atoms with Crippen molar-refractivity contribution in [2.45, 2.75) is 13.8 Å². The number of hydrogen-bond donors (Lipinski definition) is 2. The molecule has 0 fully saturated rings. The van der Waals surface area contributed by atoms with Crippen molar-refractivity contribution in [2.24, 2.45) is 0 Å². The number of nitrogens with one attached hydrogen (secondary N) is 1. The van der Waals surface area contributed by atoms with Crippen LogP contribution in [0.1, 0.15) is 11.3 Å². The first-order valence-corrected chi connectivity index (χ1v) is 6.27. The summed E-state index contributed by atoms with van der Waals surface area (Å²) in [5.41, 5.74) is 3.39. The van der Waals surface area contributed by atoms with Crippen LogP contribution < -0.4 is 5.32 Å². The highest BCUT2D eigenvalue weighted by atomic mass is 35.5. The molecule has 3 aromatic rings. The summed E-state index contributed by atoms with van der Waals surface area (Å²) < 4.78 is 0. The lowest BCUT2D eigenvalue weighted by molar-refractivity contribution is 0.471. The molecule has 1 aromatic carbocycles. The first-order chi connectivity index (χ1) is 9.63. The summed E-state index contributed by atoms with van der Waals surface area (Å²) in [5, 5.41) is 13.7. The van der Waals surface area contributed by atoms with E-state index in [0.29, 0.717) is 0 Å². The molecule has 0 saturated carbocycles. The van der Waals surface area contributed by atoms with Crippen LogP contribution in [-0.4, -0.2) is 20.1 Å². The lowest BCUT2D eigenvalue weighted by Gasteiger charge is -2.09. The van der Waals surface area contributed by atoms with Gasteiger partial charge in [-0.3, -0.25) is 4.98 Å². The Hall–Kier alpha value is -2.11. The molecule has 7 heteroatoms. The highest BCUT2D eigenvalue weighted by Gasteiger charge is 2.06. The van der Waals surface area contributed by atoms with Crippen molar-refractivity contribution in [3.63, 3.8) is 0 Å². The molecule has 0 unspecified atom stereocenters. The summed E-state index contributed by atoms with van der Waals surface area (Å²) in [6.45, 7) is 3.79. The number of hydrogen-bond acceptors (Lipinski definition) is 5. The molecule has 2 aromatic heterocycles. The van der Waals surface area contributed by atoms with E-state index < -0.39 is 0 Å². The Labute approximate surface area is 140 Å². The number of aromatic nitrogens is 3. The van der Waals surface area contributed by atoms with Crippen molar-refractivity contribution in [3.05, 3.63) is 48.0 Å². The smallest absolute Gasteiger partial charge is 0.141 e. The first-order valence-electron chi connectivity index (χ1n) is 6.27. The number of phenolic OH excluding ortho intramolecular Hbond substituents is 1. The summed E-state index contributed by atoms with van der Waals surface area (Å²) in [6.07, 6.45) is 3.24. The molecule has 116 valence electrons. The van der Waals surface area contributed by atoms with Gasteiger partial charge in [0.05, 0.1) is 11.7 Å². The summed E-state index contributed by atoms with van der Waals surface area (Å²) in [6, 6.07) is 7.29. The number of rotatable bonds is 2. The average molecular weight is 339 g/mol. The van der Waals surface area contributed by atoms with Crippen molar-refractivity contribution >= 4 is 47.2 Å². The fraction of sp³-hybridized carbons (Fsp3) is 0.133. The van der Waals surface area contributed by atoms with Crippen LogP contribution in [-0.2, 0) is 0 Å². The maximum Gasteiger partial charge on any atom is 0.141 e. The quantitative estimate of drug-likeness (QED) is 0.692. The minimum atomic E-state index is 0. The van der Waals surface area contributed by atoms with Crippen LogP contribution >= 0.6 is 24.8 Å². The first kappa shape index (κ1) is 17.9. The van der Waals surface area contributed by atoms with E-state index in [9.17, 15) is 5.11 Å². The summed E-state index contributed by atoms with van der Waals surface area (Å²) in [7, 11) is 0. The van der Waals surface area contributed by atoms with Crippen LogP contribution in [0.25, 0.3) is 10.9 Å². The van der Waals surface area contributed by atoms with Gasteiger partial charge in [-0.25, -0.2) is 9.97 Å². The van der Waals surface area contributed by atoms with E-state index in [4.69, 9.17) is 0 Å². The minimum absolute atomic E-state index is 0. The second-order valence-electron chi connectivity index (χ2n) is 4.69. The largest absolute Gasteiger partial charge is 0.508 e. The van der Waals surface area contributed by atoms with Gasteiger partial charge < -0.3 is 10.4 Å². The molecule has 0 spiro atoms. The van der Waals surface area contributed by atoms with Gasteiger partial charge in [-0.15, -0.1) is 24.8 Å². The molecule has 2 N–H and O–H groups in total. The third-order valence-electron chi connectivity index (χ3n) is 3.12. The van der Waals surface area contributed by atoms with Crippen LogP contribution in [0, 0.1) is 13.8 Å². The fourth-order valence-corrected chi connectivity index (χ4v) is 2.03. The third-order valence-corrected chi connectivity index (χ3v) is 3.12. The van der Waals surface area contributed by atoms with Crippen molar-refractivity contribution in [1.82, 2.24) is 15.0 Å². The Bertz CT molecular complexity index is 796. The van der Waals surface area contributed by atoms with Crippen molar-refractivity contribution in [2.75, 3.05) is 5.32 Å². The standard InChI is InChI=1S/C15H14N4O.2ClH/c1-9-5-11(3-4-14(9)20)19-15-12-6-10(2)16-7-13(12)17-8-18-15;;/h3-8,20H,1-2H3,(H,17,18,19);2*1H. The van der Waals surface area contributed by atoms with Gasteiger partial charge in [0.2, 0.25) is 0 Å². The average Bonchev–Trinajstić information content (AvgIpc) is 2.44. The zero-order valence-corrected chi connectivity index (χ0v) is 13.7. The molecule has 0 aliphatic rings. The fourth-order valence-electron chi connectivity index (χ4n) is 2.03. The van der Waals surface area contributed by atoms with Crippen molar-refractivity contribution in [3.8, 4) is 5.75 Å². The number of pyridine rings is 1. The van der Waals surface area contributed by atoms with Gasteiger partial charge in [-0.2, -0.15) is 0 Å². The Morgan fingerprint density at radius 3 is 2.50 bits per heavy atom. The number of fused-ring (bicyclic) bond motifs is 1. The van der Waals surface area contributed by atoms with E-state index in [0.717, 1.165) is 33.7 Å². The topological polar surface area (TPSA) is 70.9 Å². The predicted octanol–water partition coefficient (Wildman–Crippen LogP) is 3.93. The third kappa shape index (κ3) is 3.55. The number of halogens is 2. The van der Waals surface area contributed by atoms with E-state index in [1.807, 2.05) is 32.0 Å². The van der Waals surface area contributed by atoms with Gasteiger partial charge in [0.25, 0.3) is 0 Å². The molecule has 0 bridgehead atoms. The molecule has 3 rings (SSSR count). The van der Waals surface area contributed by atoms with Crippen molar-refractivity contribution in [1.29, 1.82) is 0 Å².